The Bertz CT molecular complexity index is 559. The average molecular weight is 278 g/mol. The molecule has 1 saturated heterocycles. The smallest absolute Gasteiger partial charge is 0.252 e. The van der Waals surface area contributed by atoms with Gasteiger partial charge in [0.25, 0.3) is 5.91 Å². The Morgan fingerprint density at radius 2 is 2.10 bits per heavy atom. The zero-order chi connectivity index (χ0) is 14.9. The molecule has 1 atom stereocenters. The maximum absolute atomic E-state index is 13.4. The predicted octanol–water partition coefficient (Wildman–Crippen LogP) is 2.16. The van der Waals surface area contributed by atoms with Gasteiger partial charge in [-0.05, 0) is 44.0 Å². The van der Waals surface area contributed by atoms with Crippen LogP contribution in [0, 0.1) is 12.7 Å². The van der Waals surface area contributed by atoms with E-state index in [2.05, 4.69) is 5.32 Å². The maximum atomic E-state index is 13.4. The number of nitrogens with zero attached hydrogens (tertiary/aromatic N) is 1. The number of rotatable bonds is 2. The number of carbonyl (C=O) groups excluding carboxylic acids is 2. The Balaban J connectivity index is 2.41. The molecular weight excluding hydrogens is 259 g/mol. The van der Waals surface area contributed by atoms with Crippen LogP contribution in [-0.4, -0.2) is 23.9 Å². The van der Waals surface area contributed by atoms with Gasteiger partial charge in [-0.25, -0.2) is 4.39 Å². The summed E-state index contributed by atoms with van der Waals surface area (Å²) >= 11 is 0. The van der Waals surface area contributed by atoms with Gasteiger partial charge in [0.15, 0.2) is 0 Å². The van der Waals surface area contributed by atoms with Crippen LogP contribution in [0.25, 0.3) is 0 Å². The van der Waals surface area contributed by atoms with Gasteiger partial charge in [0.1, 0.15) is 11.4 Å². The SMILES string of the molecule is CCC1(C)NC(=O)CCN(c2ccc(F)c(C)c2)C1=O. The summed E-state index contributed by atoms with van der Waals surface area (Å²) < 4.78 is 13.4. The third kappa shape index (κ3) is 2.53. The molecule has 1 aromatic carbocycles. The normalized spacial score (nSPS) is 23.5. The standard InChI is InChI=1S/C15H19FN2O2/c1-4-15(3)14(20)18(8-7-13(19)17-15)11-5-6-12(16)10(2)9-11/h5-6,9H,4,7-8H2,1-3H3,(H,17,19). The lowest BCUT2D eigenvalue weighted by Crippen LogP contribution is -2.54. The summed E-state index contributed by atoms with van der Waals surface area (Å²) in [5.74, 6) is -0.593. The second kappa shape index (κ2) is 5.23. The fraction of sp³-hybridized carbons (Fsp3) is 0.467. The van der Waals surface area contributed by atoms with E-state index in [1.54, 1.807) is 30.9 Å². The summed E-state index contributed by atoms with van der Waals surface area (Å²) in [6.45, 7) is 5.55. The first-order valence-electron chi connectivity index (χ1n) is 6.76. The number of halogens is 1. The van der Waals surface area contributed by atoms with Crippen LogP contribution in [0.1, 0.15) is 32.3 Å². The van der Waals surface area contributed by atoms with Crippen molar-refractivity contribution < 1.29 is 14.0 Å². The summed E-state index contributed by atoms with van der Waals surface area (Å²) in [6.07, 6.45) is 0.756. The van der Waals surface area contributed by atoms with Gasteiger partial charge in [0, 0.05) is 18.7 Å². The Morgan fingerprint density at radius 1 is 1.40 bits per heavy atom. The lowest BCUT2D eigenvalue weighted by molar-refractivity contribution is -0.129. The minimum absolute atomic E-state index is 0.135. The highest BCUT2D eigenvalue weighted by Crippen LogP contribution is 2.25. The van der Waals surface area contributed by atoms with Gasteiger partial charge in [0.2, 0.25) is 5.91 Å². The first kappa shape index (κ1) is 14.5. The molecule has 1 heterocycles. The Hall–Kier alpha value is -1.91. The highest BCUT2D eigenvalue weighted by Gasteiger charge is 2.39. The van der Waals surface area contributed by atoms with Gasteiger partial charge in [-0.2, -0.15) is 0 Å². The maximum Gasteiger partial charge on any atom is 0.252 e. The quantitative estimate of drug-likeness (QED) is 0.901. The van der Waals surface area contributed by atoms with Crippen LogP contribution < -0.4 is 10.2 Å². The third-order valence-electron chi connectivity index (χ3n) is 3.86. The molecule has 2 rings (SSSR count). The number of hydrogen-bond donors (Lipinski definition) is 1. The molecule has 1 aliphatic rings. The summed E-state index contributed by atoms with van der Waals surface area (Å²) in [7, 11) is 0. The van der Waals surface area contributed by atoms with Crippen LogP contribution in [0.5, 0.6) is 0 Å². The molecule has 0 aromatic heterocycles. The summed E-state index contributed by atoms with van der Waals surface area (Å²) in [6, 6.07) is 4.56. The molecular formula is C15H19FN2O2. The molecule has 4 nitrogen and oxygen atoms in total. The Kier molecular flexibility index (Phi) is 3.79. The number of amides is 2. The Labute approximate surface area is 118 Å². The topological polar surface area (TPSA) is 49.4 Å². The molecule has 0 bridgehead atoms. The van der Waals surface area contributed by atoms with E-state index in [4.69, 9.17) is 0 Å². The van der Waals surface area contributed by atoms with Crippen LogP contribution in [0.2, 0.25) is 0 Å². The fourth-order valence-electron chi connectivity index (χ4n) is 2.32. The zero-order valence-electron chi connectivity index (χ0n) is 12.0. The molecule has 2 amide bonds. The number of hydrogen-bond acceptors (Lipinski definition) is 2. The molecule has 0 aliphatic carbocycles. The minimum atomic E-state index is -0.907. The molecule has 0 radical (unpaired) electrons. The third-order valence-corrected chi connectivity index (χ3v) is 3.86. The van der Waals surface area contributed by atoms with Crippen LogP contribution in [0.15, 0.2) is 18.2 Å². The highest BCUT2D eigenvalue weighted by molar-refractivity contribution is 6.04. The number of carbonyl (C=O) groups is 2. The van der Waals surface area contributed by atoms with Crippen molar-refractivity contribution in [2.45, 2.75) is 39.2 Å². The second-order valence-corrected chi connectivity index (χ2v) is 5.37. The van der Waals surface area contributed by atoms with Crippen LogP contribution >= 0.6 is 0 Å². The van der Waals surface area contributed by atoms with E-state index in [9.17, 15) is 14.0 Å². The van der Waals surface area contributed by atoms with Gasteiger partial charge >= 0.3 is 0 Å². The highest BCUT2D eigenvalue weighted by atomic mass is 19.1. The van der Waals surface area contributed by atoms with Gasteiger partial charge in [-0.3, -0.25) is 9.59 Å². The molecule has 1 N–H and O–H groups in total. The van der Waals surface area contributed by atoms with E-state index in [-0.39, 0.29) is 24.1 Å². The summed E-state index contributed by atoms with van der Waals surface area (Å²) in [5.41, 5.74) is 0.206. The molecule has 5 heteroatoms. The van der Waals surface area contributed by atoms with Gasteiger partial charge in [-0.1, -0.05) is 6.92 Å². The van der Waals surface area contributed by atoms with Crippen molar-refractivity contribution in [3.63, 3.8) is 0 Å². The average Bonchev–Trinajstić information content (AvgIpc) is 2.52. The number of nitrogens with one attached hydrogen (secondary N) is 1. The van der Waals surface area contributed by atoms with Crippen LogP contribution in [0.4, 0.5) is 10.1 Å². The van der Waals surface area contributed by atoms with Crippen molar-refractivity contribution in [2.75, 3.05) is 11.4 Å². The fourth-order valence-corrected chi connectivity index (χ4v) is 2.32. The van der Waals surface area contributed by atoms with Crippen molar-refractivity contribution in [1.29, 1.82) is 0 Å². The van der Waals surface area contributed by atoms with E-state index in [1.807, 2.05) is 6.92 Å². The van der Waals surface area contributed by atoms with Crippen molar-refractivity contribution in [2.24, 2.45) is 0 Å². The zero-order valence-corrected chi connectivity index (χ0v) is 12.0. The molecule has 1 unspecified atom stereocenters. The van der Waals surface area contributed by atoms with Crippen molar-refractivity contribution in [3.8, 4) is 0 Å². The largest absolute Gasteiger partial charge is 0.342 e. The minimum Gasteiger partial charge on any atom is -0.342 e. The first-order valence-corrected chi connectivity index (χ1v) is 6.76. The van der Waals surface area contributed by atoms with Crippen molar-refractivity contribution in [3.05, 3.63) is 29.6 Å². The van der Waals surface area contributed by atoms with E-state index in [0.717, 1.165) is 0 Å². The lowest BCUT2D eigenvalue weighted by Gasteiger charge is -2.31. The number of anilines is 1. The summed E-state index contributed by atoms with van der Waals surface area (Å²) in [5, 5.41) is 2.78. The van der Waals surface area contributed by atoms with E-state index in [1.165, 1.54) is 6.07 Å². The first-order chi connectivity index (χ1) is 9.37. The van der Waals surface area contributed by atoms with Crippen molar-refractivity contribution >= 4 is 17.5 Å². The van der Waals surface area contributed by atoms with E-state index < -0.39 is 5.54 Å². The predicted molar refractivity (Wildman–Crippen MR) is 74.9 cm³/mol. The molecule has 1 aliphatic heterocycles. The molecule has 20 heavy (non-hydrogen) atoms. The molecule has 0 spiro atoms. The molecule has 1 aromatic rings. The summed E-state index contributed by atoms with van der Waals surface area (Å²) in [4.78, 5) is 26.0. The second-order valence-electron chi connectivity index (χ2n) is 5.37. The van der Waals surface area contributed by atoms with Gasteiger partial charge in [-0.15, -0.1) is 0 Å². The number of aryl methyl sites for hydroxylation is 1. The lowest BCUT2D eigenvalue weighted by atomic mass is 9.97. The van der Waals surface area contributed by atoms with Gasteiger partial charge < -0.3 is 10.2 Å². The molecule has 0 saturated carbocycles. The number of benzene rings is 1. The van der Waals surface area contributed by atoms with Crippen LogP contribution in [-0.2, 0) is 9.59 Å². The van der Waals surface area contributed by atoms with Crippen LogP contribution in [0.3, 0.4) is 0 Å². The Morgan fingerprint density at radius 3 is 2.70 bits per heavy atom. The van der Waals surface area contributed by atoms with E-state index in [0.29, 0.717) is 24.2 Å². The van der Waals surface area contributed by atoms with Crippen molar-refractivity contribution in [1.82, 2.24) is 5.32 Å². The monoisotopic (exact) mass is 278 g/mol. The van der Waals surface area contributed by atoms with Gasteiger partial charge in [0.05, 0.1) is 0 Å². The molecule has 108 valence electrons. The van der Waals surface area contributed by atoms with E-state index >= 15 is 0 Å². The molecule has 1 fully saturated rings.